The monoisotopic (exact) mass is 267 g/mol. The average molecular weight is 267 g/mol. The van der Waals surface area contributed by atoms with Crippen molar-refractivity contribution in [2.24, 2.45) is 11.8 Å². The van der Waals surface area contributed by atoms with Gasteiger partial charge in [-0.25, -0.2) is 0 Å². The Morgan fingerprint density at radius 2 is 1.95 bits per heavy atom. The zero-order chi connectivity index (χ0) is 13.7. The van der Waals surface area contributed by atoms with Crippen molar-refractivity contribution in [3.05, 3.63) is 0 Å². The number of amides is 1. The first-order valence-electron chi connectivity index (χ1n) is 7.85. The summed E-state index contributed by atoms with van der Waals surface area (Å²) in [4.78, 5) is 16.8. The molecule has 0 bridgehead atoms. The zero-order valence-corrected chi connectivity index (χ0v) is 12.5. The second-order valence-corrected chi connectivity index (χ2v) is 6.32. The molecular weight excluding hydrogens is 238 g/mol. The predicted molar refractivity (Wildman–Crippen MR) is 78.1 cm³/mol. The Balaban J connectivity index is 1.73. The fourth-order valence-corrected chi connectivity index (χ4v) is 3.41. The first kappa shape index (κ1) is 14.8. The van der Waals surface area contributed by atoms with Crippen molar-refractivity contribution in [3.63, 3.8) is 0 Å². The van der Waals surface area contributed by atoms with Crippen LogP contribution in [0.4, 0.5) is 0 Å². The summed E-state index contributed by atoms with van der Waals surface area (Å²) in [7, 11) is 1.98. The van der Waals surface area contributed by atoms with Gasteiger partial charge in [0.2, 0.25) is 5.91 Å². The molecule has 0 radical (unpaired) electrons. The molecule has 0 aromatic carbocycles. The molecule has 1 aliphatic carbocycles. The summed E-state index contributed by atoms with van der Waals surface area (Å²) in [5.74, 6) is 1.20. The van der Waals surface area contributed by atoms with Crippen LogP contribution < -0.4 is 5.32 Å². The van der Waals surface area contributed by atoms with Crippen molar-refractivity contribution in [2.45, 2.75) is 32.6 Å². The van der Waals surface area contributed by atoms with Gasteiger partial charge in [-0.15, -0.1) is 0 Å². The number of nitrogens with zero attached hydrogens (tertiary/aromatic N) is 2. The van der Waals surface area contributed by atoms with Crippen molar-refractivity contribution in [3.8, 4) is 0 Å². The van der Waals surface area contributed by atoms with Crippen LogP contribution in [0.1, 0.15) is 32.6 Å². The lowest BCUT2D eigenvalue weighted by atomic mass is 10.1. The van der Waals surface area contributed by atoms with Crippen molar-refractivity contribution < 1.29 is 4.79 Å². The van der Waals surface area contributed by atoms with E-state index in [1.165, 1.54) is 25.7 Å². The van der Waals surface area contributed by atoms with Gasteiger partial charge in [-0.05, 0) is 18.8 Å². The standard InChI is InChI=1S/C15H29N3O/c1-13(11-18-9-7-16-8-10-18)15(19)17(2)12-14-5-3-4-6-14/h13-14,16H,3-12H2,1-2H3. The maximum atomic E-state index is 12.4. The second-order valence-electron chi connectivity index (χ2n) is 6.32. The minimum Gasteiger partial charge on any atom is -0.345 e. The van der Waals surface area contributed by atoms with Crippen LogP contribution in [0.2, 0.25) is 0 Å². The summed E-state index contributed by atoms with van der Waals surface area (Å²) in [6.07, 6.45) is 5.32. The van der Waals surface area contributed by atoms with E-state index < -0.39 is 0 Å². The third kappa shape index (κ3) is 4.46. The number of carbonyl (C=O) groups is 1. The molecule has 1 aliphatic heterocycles. The van der Waals surface area contributed by atoms with Crippen LogP contribution in [-0.2, 0) is 4.79 Å². The van der Waals surface area contributed by atoms with Gasteiger partial charge in [-0.3, -0.25) is 4.79 Å². The quantitative estimate of drug-likeness (QED) is 0.812. The fourth-order valence-electron chi connectivity index (χ4n) is 3.41. The van der Waals surface area contributed by atoms with Crippen LogP contribution in [-0.4, -0.2) is 62.0 Å². The molecule has 1 atom stereocenters. The van der Waals surface area contributed by atoms with Crippen LogP contribution in [0.5, 0.6) is 0 Å². The molecule has 1 amide bonds. The second kappa shape index (κ2) is 7.25. The van der Waals surface area contributed by atoms with E-state index in [1.54, 1.807) is 0 Å². The SMILES string of the molecule is CC(CN1CCNCC1)C(=O)N(C)CC1CCCC1. The minimum absolute atomic E-state index is 0.129. The lowest BCUT2D eigenvalue weighted by Gasteiger charge is -2.31. The molecule has 1 heterocycles. The molecule has 1 N–H and O–H groups in total. The molecule has 2 fully saturated rings. The van der Waals surface area contributed by atoms with Crippen molar-refractivity contribution in [2.75, 3.05) is 46.3 Å². The Hall–Kier alpha value is -0.610. The summed E-state index contributed by atoms with van der Waals surface area (Å²) in [5, 5.41) is 3.35. The Kier molecular flexibility index (Phi) is 5.64. The van der Waals surface area contributed by atoms with Gasteiger partial charge < -0.3 is 15.1 Å². The Bertz CT molecular complexity index is 283. The number of hydrogen-bond acceptors (Lipinski definition) is 3. The molecule has 4 nitrogen and oxygen atoms in total. The fraction of sp³-hybridized carbons (Fsp3) is 0.933. The third-order valence-electron chi connectivity index (χ3n) is 4.55. The van der Waals surface area contributed by atoms with E-state index in [2.05, 4.69) is 17.1 Å². The molecule has 2 rings (SSSR count). The average Bonchev–Trinajstić information content (AvgIpc) is 2.91. The van der Waals surface area contributed by atoms with Crippen LogP contribution in [0.25, 0.3) is 0 Å². The zero-order valence-electron chi connectivity index (χ0n) is 12.5. The Morgan fingerprint density at radius 3 is 2.58 bits per heavy atom. The lowest BCUT2D eigenvalue weighted by Crippen LogP contribution is -2.47. The maximum absolute atomic E-state index is 12.4. The maximum Gasteiger partial charge on any atom is 0.226 e. The molecule has 1 saturated carbocycles. The highest BCUT2D eigenvalue weighted by Gasteiger charge is 2.24. The first-order chi connectivity index (χ1) is 9.16. The molecule has 2 aliphatic rings. The minimum atomic E-state index is 0.129. The Labute approximate surface area is 117 Å². The van der Waals surface area contributed by atoms with E-state index in [4.69, 9.17) is 0 Å². The largest absolute Gasteiger partial charge is 0.345 e. The first-order valence-corrected chi connectivity index (χ1v) is 7.85. The van der Waals surface area contributed by atoms with Gasteiger partial charge >= 0.3 is 0 Å². The molecule has 1 saturated heterocycles. The predicted octanol–water partition coefficient (Wildman–Crippen LogP) is 1.18. The van der Waals surface area contributed by atoms with Gasteiger partial charge in [-0.1, -0.05) is 19.8 Å². The topological polar surface area (TPSA) is 35.6 Å². The smallest absolute Gasteiger partial charge is 0.226 e. The van der Waals surface area contributed by atoms with E-state index in [1.807, 2.05) is 11.9 Å². The molecular formula is C15H29N3O. The Morgan fingerprint density at radius 1 is 1.32 bits per heavy atom. The van der Waals surface area contributed by atoms with Crippen molar-refractivity contribution >= 4 is 5.91 Å². The molecule has 0 spiro atoms. The number of carbonyl (C=O) groups excluding carboxylic acids is 1. The summed E-state index contributed by atoms with van der Waals surface area (Å²) < 4.78 is 0. The summed E-state index contributed by atoms with van der Waals surface area (Å²) in [6.45, 7) is 8.21. The van der Waals surface area contributed by atoms with Gasteiger partial charge in [-0.2, -0.15) is 0 Å². The molecule has 19 heavy (non-hydrogen) atoms. The van der Waals surface area contributed by atoms with Gasteiger partial charge in [0, 0.05) is 52.2 Å². The number of rotatable bonds is 5. The van der Waals surface area contributed by atoms with E-state index in [0.29, 0.717) is 5.91 Å². The highest BCUT2D eigenvalue weighted by atomic mass is 16.2. The number of hydrogen-bond donors (Lipinski definition) is 1. The van der Waals surface area contributed by atoms with Crippen LogP contribution in [0.3, 0.4) is 0 Å². The molecule has 4 heteroatoms. The highest BCUT2D eigenvalue weighted by molar-refractivity contribution is 5.78. The molecule has 0 aromatic rings. The molecule has 0 aromatic heterocycles. The van der Waals surface area contributed by atoms with Gasteiger partial charge in [0.05, 0.1) is 0 Å². The summed E-state index contributed by atoms with van der Waals surface area (Å²) in [6, 6.07) is 0. The summed E-state index contributed by atoms with van der Waals surface area (Å²) in [5.41, 5.74) is 0. The summed E-state index contributed by atoms with van der Waals surface area (Å²) >= 11 is 0. The van der Waals surface area contributed by atoms with Gasteiger partial charge in [0.15, 0.2) is 0 Å². The van der Waals surface area contributed by atoms with Gasteiger partial charge in [0.25, 0.3) is 0 Å². The van der Waals surface area contributed by atoms with Crippen molar-refractivity contribution in [1.29, 1.82) is 0 Å². The van der Waals surface area contributed by atoms with E-state index in [0.717, 1.165) is 45.2 Å². The normalized spacial score (nSPS) is 23.5. The van der Waals surface area contributed by atoms with E-state index >= 15 is 0 Å². The van der Waals surface area contributed by atoms with E-state index in [9.17, 15) is 4.79 Å². The lowest BCUT2D eigenvalue weighted by molar-refractivity contribution is -0.134. The van der Waals surface area contributed by atoms with Crippen LogP contribution in [0, 0.1) is 11.8 Å². The van der Waals surface area contributed by atoms with E-state index in [-0.39, 0.29) is 5.92 Å². The third-order valence-corrected chi connectivity index (χ3v) is 4.55. The highest BCUT2D eigenvalue weighted by Crippen LogP contribution is 2.25. The van der Waals surface area contributed by atoms with Gasteiger partial charge in [0.1, 0.15) is 0 Å². The number of nitrogens with one attached hydrogen (secondary N) is 1. The molecule has 1 unspecified atom stereocenters. The van der Waals surface area contributed by atoms with Crippen LogP contribution in [0.15, 0.2) is 0 Å². The number of piperazine rings is 1. The van der Waals surface area contributed by atoms with Crippen molar-refractivity contribution in [1.82, 2.24) is 15.1 Å². The molecule has 110 valence electrons. The van der Waals surface area contributed by atoms with Crippen LogP contribution >= 0.6 is 0 Å².